The van der Waals surface area contributed by atoms with Gasteiger partial charge in [-0.3, -0.25) is 0 Å². The number of fused-ring (bicyclic) bond motifs is 3. The van der Waals surface area contributed by atoms with E-state index in [1.165, 1.54) is 6.07 Å². The van der Waals surface area contributed by atoms with Crippen LogP contribution in [0.1, 0.15) is 30.4 Å². The predicted octanol–water partition coefficient (Wildman–Crippen LogP) is 4.90. The van der Waals surface area contributed by atoms with Crippen molar-refractivity contribution in [1.82, 2.24) is 0 Å². The van der Waals surface area contributed by atoms with Crippen LogP contribution in [-0.4, -0.2) is 18.3 Å². The van der Waals surface area contributed by atoms with E-state index in [4.69, 9.17) is 16.3 Å². The first kappa shape index (κ1) is 17.7. The third kappa shape index (κ3) is 2.80. The maximum absolute atomic E-state index is 14.9. The quantitative estimate of drug-likeness (QED) is 0.823. The van der Waals surface area contributed by atoms with E-state index in [1.807, 2.05) is 24.3 Å². The molecule has 1 heterocycles. The van der Waals surface area contributed by atoms with Crippen LogP contribution in [0.4, 0.5) is 8.78 Å². The first-order valence-electron chi connectivity index (χ1n) is 9.02. The Kier molecular flexibility index (Phi) is 4.66. The molecule has 2 nitrogen and oxygen atoms in total. The average molecular weight is 379 g/mol. The van der Waals surface area contributed by atoms with Gasteiger partial charge in [0.2, 0.25) is 0 Å². The molecule has 3 atom stereocenters. The smallest absolute Gasteiger partial charge is 0.165 e. The van der Waals surface area contributed by atoms with Gasteiger partial charge in [-0.05, 0) is 55.0 Å². The van der Waals surface area contributed by atoms with Gasteiger partial charge in [0.1, 0.15) is 5.82 Å². The molecule has 1 N–H and O–H groups in total. The van der Waals surface area contributed by atoms with Gasteiger partial charge in [0.05, 0.1) is 6.61 Å². The zero-order valence-corrected chi connectivity index (χ0v) is 15.1. The number of halogens is 3. The summed E-state index contributed by atoms with van der Waals surface area (Å²) in [5.41, 5.74) is 0.774. The topological polar surface area (TPSA) is 29.5 Å². The van der Waals surface area contributed by atoms with Crippen LogP contribution in [0.15, 0.2) is 36.4 Å². The van der Waals surface area contributed by atoms with Crippen molar-refractivity contribution in [1.29, 1.82) is 0 Å². The van der Waals surface area contributed by atoms with E-state index < -0.39 is 17.0 Å². The summed E-state index contributed by atoms with van der Waals surface area (Å²) in [6.07, 6.45) is 3.06. The predicted molar refractivity (Wildman–Crippen MR) is 96.6 cm³/mol. The number of rotatable bonds is 3. The third-order valence-corrected chi connectivity index (χ3v) is 6.36. The van der Waals surface area contributed by atoms with Crippen LogP contribution in [0.5, 0.6) is 5.75 Å². The van der Waals surface area contributed by atoms with Crippen LogP contribution in [0.25, 0.3) is 0 Å². The Labute approximate surface area is 156 Å². The minimum Gasteiger partial charge on any atom is -0.490 e. The van der Waals surface area contributed by atoms with E-state index in [1.54, 1.807) is 0 Å². The SMILES string of the molecule is OC[C@@H]1CCC[C@@]2(Cc3ccc(Cl)cc3)c3c(F)ccc(F)c3OC[C@@H]12. The van der Waals surface area contributed by atoms with Gasteiger partial charge in [0.15, 0.2) is 11.6 Å². The van der Waals surface area contributed by atoms with E-state index in [0.717, 1.165) is 30.9 Å². The van der Waals surface area contributed by atoms with Crippen molar-refractivity contribution in [3.8, 4) is 5.75 Å². The van der Waals surface area contributed by atoms with Gasteiger partial charge >= 0.3 is 0 Å². The van der Waals surface area contributed by atoms with Gasteiger partial charge in [-0.15, -0.1) is 0 Å². The van der Waals surface area contributed by atoms with Crippen LogP contribution in [-0.2, 0) is 11.8 Å². The van der Waals surface area contributed by atoms with Crippen LogP contribution in [0.2, 0.25) is 5.02 Å². The number of hydrogen-bond acceptors (Lipinski definition) is 2. The summed E-state index contributed by atoms with van der Waals surface area (Å²) in [5.74, 6) is -0.957. The fourth-order valence-electron chi connectivity index (χ4n) is 4.93. The van der Waals surface area contributed by atoms with Gasteiger partial charge in [-0.2, -0.15) is 0 Å². The highest BCUT2D eigenvalue weighted by Gasteiger charge is 2.52. The molecule has 0 amide bonds. The minimum atomic E-state index is -0.584. The van der Waals surface area contributed by atoms with E-state index in [2.05, 4.69) is 0 Å². The number of aliphatic hydroxyl groups excluding tert-OH is 1. The fraction of sp³-hybridized carbons (Fsp3) is 0.429. The minimum absolute atomic E-state index is 0.0202. The Hall–Kier alpha value is -1.65. The van der Waals surface area contributed by atoms with Crippen molar-refractivity contribution in [2.45, 2.75) is 31.1 Å². The van der Waals surface area contributed by atoms with Crippen LogP contribution in [0, 0.1) is 23.5 Å². The molecule has 0 aromatic heterocycles. The molecule has 26 heavy (non-hydrogen) atoms. The van der Waals surface area contributed by atoms with Crippen LogP contribution in [0.3, 0.4) is 0 Å². The molecular formula is C21H21ClF2O2. The van der Waals surface area contributed by atoms with Gasteiger partial charge in [0, 0.05) is 28.5 Å². The Morgan fingerprint density at radius 3 is 2.58 bits per heavy atom. The summed E-state index contributed by atoms with van der Waals surface area (Å²) in [7, 11) is 0. The van der Waals surface area contributed by atoms with Crippen molar-refractivity contribution >= 4 is 11.6 Å². The highest BCUT2D eigenvalue weighted by Crippen LogP contribution is 2.55. The number of ether oxygens (including phenoxy) is 1. The molecule has 2 aromatic carbocycles. The molecule has 2 aliphatic rings. The molecule has 5 heteroatoms. The summed E-state index contributed by atoms with van der Waals surface area (Å²) >= 11 is 6.00. The maximum atomic E-state index is 14.9. The second-order valence-electron chi connectivity index (χ2n) is 7.45. The molecule has 0 radical (unpaired) electrons. The fourth-order valence-corrected chi connectivity index (χ4v) is 5.05. The first-order valence-corrected chi connectivity index (χ1v) is 9.39. The zero-order valence-electron chi connectivity index (χ0n) is 14.4. The molecule has 1 fully saturated rings. The molecule has 4 rings (SSSR count). The second kappa shape index (κ2) is 6.82. The van der Waals surface area contributed by atoms with E-state index >= 15 is 0 Å². The molecule has 1 aliphatic carbocycles. The molecule has 0 unspecified atom stereocenters. The molecule has 0 spiro atoms. The molecular weight excluding hydrogens is 358 g/mol. The van der Waals surface area contributed by atoms with Crippen molar-refractivity contribution < 1.29 is 18.6 Å². The van der Waals surface area contributed by atoms with Crippen molar-refractivity contribution in [2.24, 2.45) is 11.8 Å². The van der Waals surface area contributed by atoms with Gasteiger partial charge in [-0.1, -0.05) is 30.2 Å². The lowest BCUT2D eigenvalue weighted by molar-refractivity contribution is 0.00840. The molecule has 138 valence electrons. The normalized spacial score (nSPS) is 27.4. The molecule has 2 aromatic rings. The molecule has 0 saturated heterocycles. The summed E-state index contributed by atoms with van der Waals surface area (Å²) in [5, 5.41) is 10.5. The van der Waals surface area contributed by atoms with E-state index in [9.17, 15) is 13.9 Å². The Balaban J connectivity index is 1.88. The standard InChI is InChI=1S/C21H21ClF2O2/c22-15-5-3-13(4-6-15)10-21-9-1-2-14(11-25)16(21)12-26-20-18(24)8-7-17(23)19(20)21/h3-8,14,16,25H,1-2,9-12H2/t14-,16-,21-/m0/s1. The van der Waals surface area contributed by atoms with E-state index in [-0.39, 0.29) is 24.2 Å². The summed E-state index contributed by atoms with van der Waals surface area (Å²) in [4.78, 5) is 0. The maximum Gasteiger partial charge on any atom is 0.165 e. The second-order valence-corrected chi connectivity index (χ2v) is 7.88. The number of benzene rings is 2. The molecule has 1 aliphatic heterocycles. The first-order chi connectivity index (χ1) is 12.5. The van der Waals surface area contributed by atoms with Crippen molar-refractivity contribution in [3.63, 3.8) is 0 Å². The van der Waals surface area contributed by atoms with Crippen molar-refractivity contribution in [2.75, 3.05) is 13.2 Å². The Morgan fingerprint density at radius 2 is 1.85 bits per heavy atom. The van der Waals surface area contributed by atoms with Crippen LogP contribution < -0.4 is 4.74 Å². The van der Waals surface area contributed by atoms with Crippen LogP contribution >= 0.6 is 11.6 Å². The van der Waals surface area contributed by atoms with E-state index in [0.29, 0.717) is 23.6 Å². The third-order valence-electron chi connectivity index (χ3n) is 6.11. The number of aliphatic hydroxyl groups is 1. The van der Waals surface area contributed by atoms with Gasteiger partial charge in [-0.25, -0.2) is 8.78 Å². The van der Waals surface area contributed by atoms with Gasteiger partial charge in [0.25, 0.3) is 0 Å². The monoisotopic (exact) mass is 378 g/mol. The summed E-state index contributed by atoms with van der Waals surface area (Å²) < 4.78 is 35.0. The van der Waals surface area contributed by atoms with Gasteiger partial charge < -0.3 is 9.84 Å². The highest BCUT2D eigenvalue weighted by molar-refractivity contribution is 6.30. The highest BCUT2D eigenvalue weighted by atomic mass is 35.5. The Morgan fingerprint density at radius 1 is 1.12 bits per heavy atom. The summed E-state index contributed by atoms with van der Waals surface area (Å²) in [6, 6.07) is 9.81. The van der Waals surface area contributed by atoms with Crippen molar-refractivity contribution in [3.05, 3.63) is 64.2 Å². The number of hydrogen-bond donors (Lipinski definition) is 1. The lowest BCUT2D eigenvalue weighted by Crippen LogP contribution is -2.51. The molecule has 1 saturated carbocycles. The Bertz CT molecular complexity index is 808. The lowest BCUT2D eigenvalue weighted by Gasteiger charge is -2.51. The zero-order chi connectivity index (χ0) is 18.3. The average Bonchev–Trinajstić information content (AvgIpc) is 2.65. The largest absolute Gasteiger partial charge is 0.490 e. The lowest BCUT2D eigenvalue weighted by atomic mass is 9.55. The molecule has 0 bridgehead atoms. The summed E-state index contributed by atoms with van der Waals surface area (Å²) in [6.45, 7) is 0.328.